The van der Waals surface area contributed by atoms with E-state index in [-0.39, 0.29) is 25.1 Å². The van der Waals surface area contributed by atoms with Crippen molar-refractivity contribution in [3.05, 3.63) is 72.1 Å². The highest BCUT2D eigenvalue weighted by Gasteiger charge is 2.33. The number of esters is 1. The summed E-state index contributed by atoms with van der Waals surface area (Å²) in [6.07, 6.45) is 1.61. The Morgan fingerprint density at radius 3 is 2.71 bits per heavy atom. The van der Waals surface area contributed by atoms with E-state index in [0.29, 0.717) is 31.0 Å². The minimum absolute atomic E-state index is 0.190. The first-order valence-corrected chi connectivity index (χ1v) is 10.1. The third kappa shape index (κ3) is 3.96. The van der Waals surface area contributed by atoms with Crippen molar-refractivity contribution in [2.24, 2.45) is 0 Å². The number of hydrogen-bond acceptors (Lipinski definition) is 6. The van der Waals surface area contributed by atoms with Crippen LogP contribution < -0.4 is 9.47 Å². The number of nitrogens with zero attached hydrogens (tertiary/aromatic N) is 3. The maximum absolute atomic E-state index is 13.3. The second-order valence-corrected chi connectivity index (χ2v) is 7.47. The molecular weight excluding hydrogens is 398 g/mol. The molecule has 1 atom stereocenters. The highest BCUT2D eigenvalue weighted by atomic mass is 16.7. The Morgan fingerprint density at radius 2 is 1.90 bits per heavy atom. The van der Waals surface area contributed by atoms with Crippen molar-refractivity contribution in [2.75, 3.05) is 6.79 Å². The number of rotatable bonds is 6. The van der Waals surface area contributed by atoms with Gasteiger partial charge in [0.2, 0.25) is 6.79 Å². The standard InChI is InChI=1S/C23H21N3O5/c27-22-9-8-20(31-22)23(28)25(13-16-6-7-19-21(12-16)30-15-29-19)14-18-10-11-24-26(18)17-4-2-1-3-5-17/h1-7,10-12,20H,8-9,13-15H2/t20-/m1/s1. The van der Waals surface area contributed by atoms with Crippen LogP contribution in [0.1, 0.15) is 24.1 Å². The molecule has 158 valence electrons. The van der Waals surface area contributed by atoms with Gasteiger partial charge in [0.05, 0.1) is 17.9 Å². The van der Waals surface area contributed by atoms with Crippen LogP contribution >= 0.6 is 0 Å². The van der Waals surface area contributed by atoms with E-state index in [0.717, 1.165) is 16.9 Å². The van der Waals surface area contributed by atoms with Crippen molar-refractivity contribution in [1.29, 1.82) is 0 Å². The fraction of sp³-hybridized carbons (Fsp3) is 0.261. The number of hydrogen-bond donors (Lipinski definition) is 0. The van der Waals surface area contributed by atoms with Crippen molar-refractivity contribution in [3.8, 4) is 17.2 Å². The maximum atomic E-state index is 13.3. The van der Waals surface area contributed by atoms with E-state index >= 15 is 0 Å². The van der Waals surface area contributed by atoms with Gasteiger partial charge >= 0.3 is 5.97 Å². The van der Waals surface area contributed by atoms with E-state index < -0.39 is 6.10 Å². The van der Waals surface area contributed by atoms with Crippen molar-refractivity contribution < 1.29 is 23.8 Å². The van der Waals surface area contributed by atoms with Gasteiger partial charge in [0.25, 0.3) is 5.91 Å². The molecule has 2 aliphatic heterocycles. The van der Waals surface area contributed by atoms with Gasteiger partial charge in [-0.1, -0.05) is 24.3 Å². The second-order valence-electron chi connectivity index (χ2n) is 7.47. The van der Waals surface area contributed by atoms with Gasteiger partial charge in [-0.3, -0.25) is 9.59 Å². The molecule has 2 aliphatic rings. The van der Waals surface area contributed by atoms with Crippen molar-refractivity contribution >= 4 is 11.9 Å². The molecule has 8 nitrogen and oxygen atoms in total. The Bertz CT molecular complexity index is 1110. The van der Waals surface area contributed by atoms with Crippen LogP contribution in [0.2, 0.25) is 0 Å². The molecule has 0 bridgehead atoms. The number of ether oxygens (including phenoxy) is 3. The molecule has 0 radical (unpaired) electrons. The number of benzene rings is 2. The Labute approximate surface area is 178 Å². The minimum atomic E-state index is -0.755. The third-order valence-electron chi connectivity index (χ3n) is 5.36. The summed E-state index contributed by atoms with van der Waals surface area (Å²) >= 11 is 0. The van der Waals surface area contributed by atoms with Crippen LogP contribution in [0, 0.1) is 0 Å². The minimum Gasteiger partial charge on any atom is -0.454 e. The molecule has 0 N–H and O–H groups in total. The van der Waals surface area contributed by atoms with Crippen LogP contribution in [0.15, 0.2) is 60.8 Å². The molecule has 8 heteroatoms. The molecule has 5 rings (SSSR count). The quantitative estimate of drug-likeness (QED) is 0.572. The topological polar surface area (TPSA) is 82.9 Å². The normalized spacial score (nSPS) is 16.9. The number of aromatic nitrogens is 2. The van der Waals surface area contributed by atoms with Gasteiger partial charge < -0.3 is 19.1 Å². The molecule has 2 aromatic carbocycles. The highest BCUT2D eigenvalue weighted by Crippen LogP contribution is 2.33. The van der Waals surface area contributed by atoms with Crippen molar-refractivity contribution in [2.45, 2.75) is 32.0 Å². The fourth-order valence-corrected chi connectivity index (χ4v) is 3.82. The van der Waals surface area contributed by atoms with Crippen molar-refractivity contribution in [1.82, 2.24) is 14.7 Å². The Balaban J connectivity index is 1.43. The van der Waals surface area contributed by atoms with E-state index in [1.54, 1.807) is 15.8 Å². The molecule has 1 saturated heterocycles. The molecule has 1 aromatic heterocycles. The first-order chi connectivity index (χ1) is 15.2. The zero-order chi connectivity index (χ0) is 21.2. The molecule has 0 unspecified atom stereocenters. The summed E-state index contributed by atoms with van der Waals surface area (Å²) in [6.45, 7) is 0.843. The molecule has 0 spiro atoms. The summed E-state index contributed by atoms with van der Waals surface area (Å²) < 4.78 is 17.9. The molecular formula is C23H21N3O5. The third-order valence-corrected chi connectivity index (χ3v) is 5.36. The van der Waals surface area contributed by atoms with E-state index in [9.17, 15) is 9.59 Å². The largest absolute Gasteiger partial charge is 0.454 e. The van der Waals surface area contributed by atoms with Crippen LogP contribution in [0.4, 0.5) is 0 Å². The molecule has 1 amide bonds. The van der Waals surface area contributed by atoms with E-state index in [1.807, 2.05) is 54.6 Å². The van der Waals surface area contributed by atoms with Crippen LogP contribution in [0.5, 0.6) is 11.5 Å². The summed E-state index contributed by atoms with van der Waals surface area (Å²) in [7, 11) is 0. The fourth-order valence-electron chi connectivity index (χ4n) is 3.82. The van der Waals surface area contributed by atoms with Gasteiger partial charge in [-0.2, -0.15) is 5.10 Å². The van der Waals surface area contributed by atoms with Crippen LogP contribution in [-0.2, 0) is 27.4 Å². The van der Waals surface area contributed by atoms with E-state index in [2.05, 4.69) is 5.10 Å². The predicted octanol–water partition coefficient (Wildman–Crippen LogP) is 2.84. The number of carbonyl (C=O) groups excluding carboxylic acids is 2. The number of carbonyl (C=O) groups is 2. The van der Waals surface area contributed by atoms with E-state index in [1.165, 1.54) is 0 Å². The lowest BCUT2D eigenvalue weighted by atomic mass is 10.1. The summed E-state index contributed by atoms with van der Waals surface area (Å²) in [5.74, 6) is 0.792. The lowest BCUT2D eigenvalue weighted by Gasteiger charge is -2.25. The lowest BCUT2D eigenvalue weighted by Crippen LogP contribution is -2.38. The molecule has 1 fully saturated rings. The van der Waals surface area contributed by atoms with Crippen molar-refractivity contribution in [3.63, 3.8) is 0 Å². The molecule has 3 aromatic rings. The second kappa shape index (κ2) is 8.14. The number of fused-ring (bicyclic) bond motifs is 1. The predicted molar refractivity (Wildman–Crippen MR) is 109 cm³/mol. The smallest absolute Gasteiger partial charge is 0.306 e. The number of cyclic esters (lactones) is 1. The molecule has 0 saturated carbocycles. The number of amides is 1. The zero-order valence-corrected chi connectivity index (χ0v) is 16.8. The lowest BCUT2D eigenvalue weighted by molar-refractivity contribution is -0.153. The summed E-state index contributed by atoms with van der Waals surface area (Å²) in [5.41, 5.74) is 2.66. The Morgan fingerprint density at radius 1 is 1.06 bits per heavy atom. The van der Waals surface area contributed by atoms with E-state index in [4.69, 9.17) is 14.2 Å². The van der Waals surface area contributed by atoms with Gasteiger partial charge in [-0.05, 0) is 35.9 Å². The first-order valence-electron chi connectivity index (χ1n) is 10.1. The van der Waals surface area contributed by atoms with Crippen LogP contribution in [-0.4, -0.2) is 39.5 Å². The summed E-state index contributed by atoms with van der Waals surface area (Å²) in [5, 5.41) is 4.42. The van der Waals surface area contributed by atoms with Gasteiger partial charge in [0, 0.05) is 25.6 Å². The SMILES string of the molecule is O=C1CC[C@H](C(=O)N(Cc2ccc3c(c2)OCO3)Cc2ccnn2-c2ccccc2)O1. The molecule has 0 aliphatic carbocycles. The molecule has 3 heterocycles. The monoisotopic (exact) mass is 419 g/mol. The van der Waals surface area contributed by atoms with Gasteiger partial charge in [-0.25, -0.2) is 4.68 Å². The first kappa shape index (κ1) is 19.2. The Hall–Kier alpha value is -3.81. The highest BCUT2D eigenvalue weighted by molar-refractivity contribution is 5.86. The van der Waals surface area contributed by atoms with Gasteiger partial charge in [0.1, 0.15) is 0 Å². The number of para-hydroxylation sites is 1. The van der Waals surface area contributed by atoms with Gasteiger partial charge in [-0.15, -0.1) is 0 Å². The van der Waals surface area contributed by atoms with Crippen LogP contribution in [0.3, 0.4) is 0 Å². The Kier molecular flexibility index (Phi) is 5.03. The average Bonchev–Trinajstić information content (AvgIpc) is 3.54. The zero-order valence-electron chi connectivity index (χ0n) is 16.8. The van der Waals surface area contributed by atoms with Gasteiger partial charge in [0.15, 0.2) is 17.6 Å². The van der Waals surface area contributed by atoms with Crippen LogP contribution in [0.25, 0.3) is 5.69 Å². The molecule has 31 heavy (non-hydrogen) atoms. The maximum Gasteiger partial charge on any atom is 0.306 e. The summed E-state index contributed by atoms with van der Waals surface area (Å²) in [4.78, 5) is 26.5. The average molecular weight is 419 g/mol. The summed E-state index contributed by atoms with van der Waals surface area (Å²) in [6, 6.07) is 17.2.